The van der Waals surface area contributed by atoms with Crippen molar-refractivity contribution >= 4 is 21.7 Å². The summed E-state index contributed by atoms with van der Waals surface area (Å²) in [6.45, 7) is 2.45. The molecule has 1 aliphatic rings. The van der Waals surface area contributed by atoms with Crippen molar-refractivity contribution in [1.82, 2.24) is 10.2 Å². The molecule has 1 rings (SSSR count). The van der Waals surface area contributed by atoms with Crippen LogP contribution < -0.4 is 5.32 Å². The molecule has 1 saturated heterocycles. The Hall–Kier alpha value is -1.15. The first-order valence-electron chi connectivity index (χ1n) is 6.20. The summed E-state index contributed by atoms with van der Waals surface area (Å²) in [4.78, 5) is 24.2. The van der Waals surface area contributed by atoms with Crippen molar-refractivity contribution in [2.45, 2.75) is 12.8 Å². The second-order valence-corrected chi connectivity index (χ2v) is 6.59. The van der Waals surface area contributed by atoms with Gasteiger partial charge >= 0.3 is 5.97 Å². The Morgan fingerprint density at radius 2 is 1.89 bits per heavy atom. The minimum absolute atomic E-state index is 0.0531. The van der Waals surface area contributed by atoms with Gasteiger partial charge in [-0.25, -0.2) is 8.42 Å². The lowest BCUT2D eigenvalue weighted by molar-refractivity contribution is -0.140. The normalized spacial score (nSPS) is 16.2. The molecule has 0 aromatic rings. The first kappa shape index (κ1) is 15.9. The van der Waals surface area contributed by atoms with Crippen molar-refractivity contribution in [1.29, 1.82) is 0 Å². The van der Waals surface area contributed by atoms with E-state index in [1.165, 1.54) is 7.11 Å². The molecule has 0 aromatic carbocycles. The molecule has 110 valence electrons. The molecule has 1 fully saturated rings. The van der Waals surface area contributed by atoms with Crippen LogP contribution >= 0.6 is 0 Å². The number of nitrogens with zero attached hydrogens (tertiary/aromatic N) is 1. The maximum Gasteiger partial charge on any atom is 0.305 e. The Bertz CT molecular complexity index is 415. The highest BCUT2D eigenvalue weighted by molar-refractivity contribution is 7.92. The number of carbonyl (C=O) groups is 2. The quantitative estimate of drug-likeness (QED) is 0.617. The highest BCUT2D eigenvalue weighted by atomic mass is 32.2. The summed E-state index contributed by atoms with van der Waals surface area (Å²) in [6, 6.07) is 0. The van der Waals surface area contributed by atoms with Gasteiger partial charge < -0.3 is 15.0 Å². The van der Waals surface area contributed by atoms with Gasteiger partial charge in [0.15, 0.2) is 9.84 Å². The zero-order chi connectivity index (χ0) is 14.3. The van der Waals surface area contributed by atoms with Gasteiger partial charge in [0.1, 0.15) is 5.75 Å². The van der Waals surface area contributed by atoms with Gasteiger partial charge in [0, 0.05) is 32.6 Å². The number of carbonyl (C=O) groups excluding carboxylic acids is 2. The number of ether oxygens (including phenoxy) is 1. The van der Waals surface area contributed by atoms with Gasteiger partial charge in [0.25, 0.3) is 0 Å². The Labute approximate surface area is 113 Å². The zero-order valence-corrected chi connectivity index (χ0v) is 11.9. The first-order valence-corrected chi connectivity index (χ1v) is 8.02. The average Bonchev–Trinajstić information content (AvgIpc) is 2.38. The predicted octanol–water partition coefficient (Wildman–Crippen LogP) is -1.21. The maximum absolute atomic E-state index is 11.8. The fourth-order valence-corrected chi connectivity index (χ4v) is 3.09. The number of nitrogens with one attached hydrogen (secondary N) is 1. The van der Waals surface area contributed by atoms with E-state index in [0.29, 0.717) is 26.2 Å². The minimum Gasteiger partial charge on any atom is -0.469 e. The standard InChI is InChI=1S/C11H20N2O5S/c1-18-11(15)3-2-8-19(16,17)9-10(14)13-6-4-12-5-7-13/h12H,2-9H2,1H3. The average molecular weight is 292 g/mol. The summed E-state index contributed by atoms with van der Waals surface area (Å²) < 4.78 is 27.9. The van der Waals surface area contributed by atoms with E-state index >= 15 is 0 Å². The molecule has 1 aliphatic heterocycles. The highest BCUT2D eigenvalue weighted by Gasteiger charge is 2.22. The topological polar surface area (TPSA) is 92.8 Å². The van der Waals surface area contributed by atoms with E-state index in [4.69, 9.17) is 0 Å². The molecule has 1 heterocycles. The number of amides is 1. The highest BCUT2D eigenvalue weighted by Crippen LogP contribution is 2.02. The van der Waals surface area contributed by atoms with Gasteiger partial charge in [0.2, 0.25) is 5.91 Å². The van der Waals surface area contributed by atoms with E-state index in [9.17, 15) is 18.0 Å². The minimum atomic E-state index is -3.45. The number of hydrogen-bond donors (Lipinski definition) is 1. The lowest BCUT2D eigenvalue weighted by atomic mass is 10.3. The summed E-state index contributed by atoms with van der Waals surface area (Å²) in [5, 5.41) is 3.09. The summed E-state index contributed by atoms with van der Waals surface area (Å²) >= 11 is 0. The van der Waals surface area contributed by atoms with Crippen molar-refractivity contribution in [3.8, 4) is 0 Å². The van der Waals surface area contributed by atoms with Gasteiger partial charge in [-0.1, -0.05) is 0 Å². The largest absolute Gasteiger partial charge is 0.469 e. The number of esters is 1. The van der Waals surface area contributed by atoms with Crippen molar-refractivity contribution in [3.05, 3.63) is 0 Å². The Morgan fingerprint density at radius 3 is 2.47 bits per heavy atom. The van der Waals surface area contributed by atoms with E-state index in [0.717, 1.165) is 0 Å². The third kappa shape index (κ3) is 6.02. The third-order valence-corrected chi connectivity index (χ3v) is 4.47. The molecule has 0 aliphatic carbocycles. The molecule has 0 unspecified atom stereocenters. The van der Waals surface area contributed by atoms with E-state index in [-0.39, 0.29) is 24.5 Å². The number of methoxy groups -OCH3 is 1. The Kier molecular flexibility index (Phi) is 6.23. The van der Waals surface area contributed by atoms with Crippen LogP contribution in [0.3, 0.4) is 0 Å². The molecule has 0 atom stereocenters. The van der Waals surface area contributed by atoms with Crippen LogP contribution in [-0.2, 0) is 24.2 Å². The van der Waals surface area contributed by atoms with Crippen LogP contribution in [0.5, 0.6) is 0 Å². The molecule has 1 N–H and O–H groups in total. The predicted molar refractivity (Wildman–Crippen MR) is 69.4 cm³/mol. The summed E-state index contributed by atoms with van der Waals surface area (Å²) in [5.74, 6) is -1.45. The van der Waals surface area contributed by atoms with Crippen LogP contribution in [0.25, 0.3) is 0 Å². The smallest absolute Gasteiger partial charge is 0.305 e. The van der Waals surface area contributed by atoms with E-state index < -0.39 is 21.6 Å². The van der Waals surface area contributed by atoms with Crippen molar-refractivity contribution in [2.24, 2.45) is 0 Å². The van der Waals surface area contributed by atoms with E-state index in [1.807, 2.05) is 0 Å². The molecule has 0 radical (unpaired) electrons. The van der Waals surface area contributed by atoms with E-state index in [1.54, 1.807) is 4.90 Å². The zero-order valence-electron chi connectivity index (χ0n) is 11.1. The number of hydrogen-bond acceptors (Lipinski definition) is 6. The molecular weight excluding hydrogens is 272 g/mol. The molecule has 0 bridgehead atoms. The number of rotatable bonds is 6. The maximum atomic E-state index is 11.8. The third-order valence-electron chi connectivity index (χ3n) is 2.88. The van der Waals surface area contributed by atoms with Crippen LogP contribution in [0, 0.1) is 0 Å². The monoisotopic (exact) mass is 292 g/mol. The lowest BCUT2D eigenvalue weighted by Gasteiger charge is -2.27. The fraction of sp³-hybridized carbons (Fsp3) is 0.818. The Morgan fingerprint density at radius 1 is 1.26 bits per heavy atom. The van der Waals surface area contributed by atoms with E-state index in [2.05, 4.69) is 10.1 Å². The van der Waals surface area contributed by atoms with Crippen LogP contribution in [0.1, 0.15) is 12.8 Å². The summed E-state index contributed by atoms with van der Waals surface area (Å²) in [7, 11) is -2.20. The van der Waals surface area contributed by atoms with Crippen molar-refractivity contribution in [2.75, 3.05) is 44.8 Å². The van der Waals surface area contributed by atoms with Crippen LogP contribution in [0.15, 0.2) is 0 Å². The van der Waals surface area contributed by atoms with Crippen LogP contribution in [0.2, 0.25) is 0 Å². The van der Waals surface area contributed by atoms with Gasteiger partial charge in [0.05, 0.1) is 12.9 Å². The Balaban J connectivity index is 2.36. The number of piperazine rings is 1. The molecular formula is C11H20N2O5S. The van der Waals surface area contributed by atoms with Crippen LogP contribution in [0.4, 0.5) is 0 Å². The molecule has 8 heteroatoms. The SMILES string of the molecule is COC(=O)CCCS(=O)(=O)CC(=O)N1CCNCC1. The molecule has 19 heavy (non-hydrogen) atoms. The molecule has 0 spiro atoms. The summed E-state index contributed by atoms with van der Waals surface area (Å²) in [5.41, 5.74) is 0. The second kappa shape index (κ2) is 7.44. The van der Waals surface area contributed by atoms with Crippen molar-refractivity contribution < 1.29 is 22.7 Å². The van der Waals surface area contributed by atoms with Gasteiger partial charge in [-0.2, -0.15) is 0 Å². The molecule has 0 aromatic heterocycles. The molecule has 1 amide bonds. The van der Waals surface area contributed by atoms with Gasteiger partial charge in [-0.05, 0) is 6.42 Å². The number of sulfone groups is 1. The fourth-order valence-electron chi connectivity index (χ4n) is 1.80. The molecule has 7 nitrogen and oxygen atoms in total. The van der Waals surface area contributed by atoms with Gasteiger partial charge in [-0.15, -0.1) is 0 Å². The lowest BCUT2D eigenvalue weighted by Crippen LogP contribution is -2.48. The first-order chi connectivity index (χ1) is 8.94. The van der Waals surface area contributed by atoms with Crippen molar-refractivity contribution in [3.63, 3.8) is 0 Å². The van der Waals surface area contributed by atoms with Gasteiger partial charge in [-0.3, -0.25) is 9.59 Å². The molecule has 0 saturated carbocycles. The second-order valence-electron chi connectivity index (χ2n) is 4.40. The van der Waals surface area contributed by atoms with Crippen LogP contribution in [-0.4, -0.2) is 70.0 Å². The summed E-state index contributed by atoms with van der Waals surface area (Å²) in [6.07, 6.45) is 0.237.